The lowest BCUT2D eigenvalue weighted by Crippen LogP contribution is -1.92. The molecule has 0 aliphatic heterocycles. The van der Waals surface area contributed by atoms with Gasteiger partial charge in [0, 0.05) is 17.2 Å². The third-order valence-corrected chi connectivity index (χ3v) is 3.38. The molecule has 0 bridgehead atoms. The van der Waals surface area contributed by atoms with E-state index in [1.807, 2.05) is 32.0 Å². The van der Waals surface area contributed by atoms with Gasteiger partial charge in [-0.25, -0.2) is 0 Å². The maximum absolute atomic E-state index is 10.4. The van der Waals surface area contributed by atoms with Crippen molar-refractivity contribution < 1.29 is 4.92 Å². The summed E-state index contributed by atoms with van der Waals surface area (Å²) in [5.41, 5.74) is 2.46. The molecule has 0 aliphatic rings. The normalized spacial score (nSPS) is 11.5. The van der Waals surface area contributed by atoms with E-state index in [1.54, 1.807) is 5.41 Å². The van der Waals surface area contributed by atoms with Gasteiger partial charge in [0.25, 0.3) is 0 Å². The maximum atomic E-state index is 10.4. The molecule has 1 aromatic carbocycles. The van der Waals surface area contributed by atoms with E-state index >= 15 is 0 Å². The monoisotopic (exact) mass is 223 g/mol. The average molecular weight is 223 g/mol. The van der Waals surface area contributed by atoms with Crippen LogP contribution in [0.5, 0.6) is 0 Å². The number of hydrogen-bond acceptors (Lipinski definition) is 3. The van der Waals surface area contributed by atoms with Gasteiger partial charge >= 0.3 is 0 Å². The van der Waals surface area contributed by atoms with Gasteiger partial charge in [-0.05, 0) is 25.0 Å². The smallest absolute Gasteiger partial charge is 0.249 e. The highest BCUT2D eigenvalue weighted by atomic mass is 32.2. The van der Waals surface area contributed by atoms with Gasteiger partial charge < -0.3 is 0 Å². The molecule has 80 valence electrons. The molecule has 1 aromatic rings. The lowest BCUT2D eigenvalue weighted by molar-refractivity contribution is -0.424. The molecule has 0 saturated carbocycles. The highest BCUT2D eigenvalue weighted by Gasteiger charge is 2.05. The van der Waals surface area contributed by atoms with Crippen LogP contribution in [-0.4, -0.2) is 4.92 Å². The zero-order valence-electron chi connectivity index (χ0n) is 8.98. The van der Waals surface area contributed by atoms with Gasteiger partial charge in [0.05, 0.1) is 4.92 Å². The van der Waals surface area contributed by atoms with Gasteiger partial charge in [-0.2, -0.15) is 0 Å². The number of nitrogens with zero attached hydrogens (tertiary/aromatic N) is 1. The van der Waals surface area contributed by atoms with E-state index in [9.17, 15) is 10.1 Å². The van der Waals surface area contributed by atoms with Crippen LogP contribution < -0.4 is 0 Å². The molecule has 0 aliphatic carbocycles. The van der Waals surface area contributed by atoms with Crippen molar-refractivity contribution in [2.24, 2.45) is 0 Å². The SMILES string of the molecule is CC(=CSc1c(C)cccc1C)[N+](=O)[O-]. The molecule has 0 spiro atoms. The van der Waals surface area contributed by atoms with Crippen LogP contribution in [0.4, 0.5) is 0 Å². The molecule has 0 N–H and O–H groups in total. The number of rotatable bonds is 3. The van der Waals surface area contributed by atoms with E-state index in [4.69, 9.17) is 0 Å². The second kappa shape index (κ2) is 4.98. The zero-order valence-corrected chi connectivity index (χ0v) is 9.80. The third kappa shape index (κ3) is 3.09. The molecule has 0 heterocycles. The van der Waals surface area contributed by atoms with Crippen LogP contribution in [0, 0.1) is 24.0 Å². The number of benzene rings is 1. The Morgan fingerprint density at radius 2 is 1.93 bits per heavy atom. The fourth-order valence-corrected chi connectivity index (χ4v) is 2.05. The Balaban J connectivity index is 2.91. The molecule has 0 saturated heterocycles. The number of hydrogen-bond donors (Lipinski definition) is 0. The molecular weight excluding hydrogens is 210 g/mol. The van der Waals surface area contributed by atoms with Gasteiger partial charge in [0.15, 0.2) is 0 Å². The first-order valence-corrected chi connectivity index (χ1v) is 5.44. The van der Waals surface area contributed by atoms with Gasteiger partial charge in [-0.1, -0.05) is 30.0 Å². The highest BCUT2D eigenvalue weighted by Crippen LogP contribution is 2.27. The number of allylic oxidation sites excluding steroid dienone is 1. The summed E-state index contributed by atoms with van der Waals surface area (Å²) in [6.45, 7) is 5.51. The topological polar surface area (TPSA) is 43.1 Å². The van der Waals surface area contributed by atoms with Crippen LogP contribution in [0.25, 0.3) is 0 Å². The molecule has 1 rings (SSSR count). The first-order valence-electron chi connectivity index (χ1n) is 4.56. The van der Waals surface area contributed by atoms with Crippen molar-refractivity contribution in [2.75, 3.05) is 0 Å². The van der Waals surface area contributed by atoms with E-state index in [-0.39, 0.29) is 10.6 Å². The van der Waals surface area contributed by atoms with Crippen molar-refractivity contribution in [2.45, 2.75) is 25.7 Å². The van der Waals surface area contributed by atoms with E-state index in [2.05, 4.69) is 0 Å². The summed E-state index contributed by atoms with van der Waals surface area (Å²) in [7, 11) is 0. The first-order chi connectivity index (χ1) is 7.02. The zero-order chi connectivity index (χ0) is 11.4. The first kappa shape index (κ1) is 11.8. The van der Waals surface area contributed by atoms with Crippen LogP contribution in [0.15, 0.2) is 34.2 Å². The van der Waals surface area contributed by atoms with E-state index in [1.165, 1.54) is 18.7 Å². The van der Waals surface area contributed by atoms with Crippen LogP contribution in [-0.2, 0) is 0 Å². The molecule has 15 heavy (non-hydrogen) atoms. The molecule has 0 atom stereocenters. The quantitative estimate of drug-likeness (QED) is 0.447. The second-order valence-corrected chi connectivity index (χ2v) is 4.23. The summed E-state index contributed by atoms with van der Waals surface area (Å²) >= 11 is 1.41. The molecule has 3 nitrogen and oxygen atoms in total. The Hall–Kier alpha value is -1.29. The van der Waals surface area contributed by atoms with Crippen LogP contribution in [0.1, 0.15) is 18.1 Å². The number of thioether (sulfide) groups is 1. The summed E-state index contributed by atoms with van der Waals surface area (Å²) in [6.07, 6.45) is 0. The Bertz CT molecular complexity index is 393. The largest absolute Gasteiger partial charge is 0.259 e. The van der Waals surface area contributed by atoms with Crippen LogP contribution in [0.2, 0.25) is 0 Å². The predicted octanol–water partition coefficient (Wildman–Crippen LogP) is 3.53. The Labute approximate surface area is 93.3 Å². The van der Waals surface area contributed by atoms with E-state index in [0.717, 1.165) is 16.0 Å². The van der Waals surface area contributed by atoms with Crippen molar-refractivity contribution >= 4 is 11.8 Å². The summed E-state index contributed by atoms with van der Waals surface area (Å²) in [5.74, 6) is 0. The minimum atomic E-state index is -0.374. The second-order valence-electron chi connectivity index (χ2n) is 3.36. The minimum Gasteiger partial charge on any atom is -0.259 e. The van der Waals surface area contributed by atoms with Gasteiger partial charge in [-0.15, -0.1) is 0 Å². The minimum absolute atomic E-state index is 0.169. The van der Waals surface area contributed by atoms with Crippen LogP contribution in [0.3, 0.4) is 0 Å². The van der Waals surface area contributed by atoms with Crippen molar-refractivity contribution in [1.82, 2.24) is 0 Å². The third-order valence-electron chi connectivity index (χ3n) is 2.04. The Morgan fingerprint density at radius 1 is 1.40 bits per heavy atom. The van der Waals surface area contributed by atoms with Gasteiger partial charge in [-0.3, -0.25) is 10.1 Å². The summed E-state index contributed by atoms with van der Waals surface area (Å²) < 4.78 is 0. The summed E-state index contributed by atoms with van der Waals surface area (Å²) in [5, 5.41) is 12.0. The van der Waals surface area contributed by atoms with Crippen molar-refractivity contribution in [3.63, 3.8) is 0 Å². The van der Waals surface area contributed by atoms with Crippen molar-refractivity contribution in [1.29, 1.82) is 0 Å². The van der Waals surface area contributed by atoms with Crippen molar-refractivity contribution in [3.05, 3.63) is 50.5 Å². The van der Waals surface area contributed by atoms with Crippen molar-refractivity contribution in [3.8, 4) is 0 Å². The molecule has 4 heteroatoms. The van der Waals surface area contributed by atoms with E-state index in [0.29, 0.717) is 0 Å². The Morgan fingerprint density at radius 3 is 2.40 bits per heavy atom. The van der Waals surface area contributed by atoms with Crippen LogP contribution >= 0.6 is 11.8 Å². The lowest BCUT2D eigenvalue weighted by atomic mass is 10.2. The maximum Gasteiger partial charge on any atom is 0.249 e. The highest BCUT2D eigenvalue weighted by molar-refractivity contribution is 8.02. The predicted molar refractivity (Wildman–Crippen MR) is 62.5 cm³/mol. The summed E-state index contributed by atoms with van der Waals surface area (Å²) in [6, 6.07) is 5.99. The molecule has 0 unspecified atom stereocenters. The average Bonchev–Trinajstić information content (AvgIpc) is 2.16. The molecule has 0 fully saturated rings. The van der Waals surface area contributed by atoms with Gasteiger partial charge in [0.2, 0.25) is 5.70 Å². The van der Waals surface area contributed by atoms with Gasteiger partial charge in [0.1, 0.15) is 0 Å². The fraction of sp³-hybridized carbons (Fsp3) is 0.273. The summed E-state index contributed by atoms with van der Waals surface area (Å²) in [4.78, 5) is 11.1. The number of nitro groups is 1. The van der Waals surface area contributed by atoms with E-state index < -0.39 is 0 Å². The molecule has 0 amide bonds. The Kier molecular flexibility index (Phi) is 3.91. The molecular formula is C11H13NO2S. The lowest BCUT2D eigenvalue weighted by Gasteiger charge is -2.05. The number of aryl methyl sites for hydroxylation is 2. The fourth-order valence-electron chi connectivity index (χ4n) is 1.17. The standard InChI is InChI=1S/C11H13NO2S/c1-8-5-4-6-9(2)11(8)15-7-10(3)12(13)14/h4-7H,1-3H3. The molecule has 0 radical (unpaired) electrons. The molecule has 0 aromatic heterocycles.